The van der Waals surface area contributed by atoms with Crippen molar-refractivity contribution >= 4 is 11.6 Å². The van der Waals surface area contributed by atoms with Crippen molar-refractivity contribution in [1.29, 1.82) is 0 Å². The summed E-state index contributed by atoms with van der Waals surface area (Å²) in [7, 11) is 2.27. The molecule has 0 spiro atoms. The first-order valence-corrected chi connectivity index (χ1v) is 8.90. The summed E-state index contributed by atoms with van der Waals surface area (Å²) < 4.78 is 0. The van der Waals surface area contributed by atoms with E-state index in [4.69, 9.17) is 11.6 Å². The lowest BCUT2D eigenvalue weighted by Gasteiger charge is -2.40. The lowest BCUT2D eigenvalue weighted by Crippen LogP contribution is -2.39. The molecule has 2 atom stereocenters. The number of benzene rings is 2. The molecule has 0 saturated carbocycles. The van der Waals surface area contributed by atoms with Crippen LogP contribution in [0.5, 0.6) is 0 Å². The Morgan fingerprint density at radius 2 is 1.74 bits per heavy atom. The zero-order valence-corrected chi connectivity index (χ0v) is 15.3. The van der Waals surface area contributed by atoms with Gasteiger partial charge < -0.3 is 0 Å². The molecule has 2 aromatic rings. The molecule has 0 N–H and O–H groups in total. The normalized spacial score (nSPS) is 21.3. The molecule has 1 aliphatic heterocycles. The van der Waals surface area contributed by atoms with Crippen LogP contribution in [-0.4, -0.2) is 18.0 Å². The molecule has 0 bridgehead atoms. The predicted octanol–water partition coefficient (Wildman–Crippen LogP) is 5.51. The van der Waals surface area contributed by atoms with E-state index in [1.54, 1.807) is 5.56 Å². The van der Waals surface area contributed by atoms with Crippen molar-refractivity contribution in [2.75, 3.05) is 7.05 Å². The molecule has 0 aliphatic carbocycles. The number of nitrogens with zero attached hydrogens (tertiary/aromatic N) is 1. The number of hydrogen-bond donors (Lipinski definition) is 0. The molecule has 0 radical (unpaired) electrons. The minimum Gasteiger partial charge on any atom is -0.296 e. The van der Waals surface area contributed by atoms with Gasteiger partial charge in [-0.05, 0) is 87.0 Å². The summed E-state index contributed by atoms with van der Waals surface area (Å²) in [5, 5.41) is 0.814. The summed E-state index contributed by atoms with van der Waals surface area (Å²) in [6, 6.07) is 14.2. The first-order valence-electron chi connectivity index (χ1n) is 8.52. The zero-order chi connectivity index (χ0) is 16.6. The summed E-state index contributed by atoms with van der Waals surface area (Å²) in [5.41, 5.74) is 7.26. The van der Waals surface area contributed by atoms with Crippen LogP contribution in [0.1, 0.15) is 47.2 Å². The van der Waals surface area contributed by atoms with E-state index >= 15 is 0 Å². The van der Waals surface area contributed by atoms with Gasteiger partial charge in [-0.25, -0.2) is 0 Å². The Bertz CT molecular complexity index is 690. The van der Waals surface area contributed by atoms with Crippen molar-refractivity contribution in [2.45, 2.75) is 52.1 Å². The minimum atomic E-state index is 0.503. The Morgan fingerprint density at radius 1 is 1.09 bits per heavy atom. The molecule has 0 amide bonds. The fourth-order valence-corrected chi connectivity index (χ4v) is 3.81. The van der Waals surface area contributed by atoms with Crippen LogP contribution in [0.4, 0.5) is 0 Å². The second-order valence-corrected chi connectivity index (χ2v) is 7.47. The van der Waals surface area contributed by atoms with E-state index < -0.39 is 0 Å². The molecule has 1 nitrogen and oxygen atoms in total. The largest absolute Gasteiger partial charge is 0.296 e. The number of rotatable bonds is 3. The number of halogens is 1. The Balaban J connectivity index is 1.85. The Labute approximate surface area is 145 Å². The lowest BCUT2D eigenvalue weighted by atomic mass is 9.84. The fraction of sp³-hybridized carbons (Fsp3) is 0.429. The lowest BCUT2D eigenvalue weighted by molar-refractivity contribution is 0.158. The monoisotopic (exact) mass is 327 g/mol. The number of hydrogen-bond acceptors (Lipinski definition) is 1. The maximum absolute atomic E-state index is 5.99. The first kappa shape index (κ1) is 16.5. The van der Waals surface area contributed by atoms with Gasteiger partial charge in [-0.3, -0.25) is 4.90 Å². The van der Waals surface area contributed by atoms with E-state index in [1.165, 1.54) is 22.3 Å². The highest BCUT2D eigenvalue weighted by Gasteiger charge is 2.29. The maximum Gasteiger partial charge on any atom is 0.0406 e. The number of aryl methyl sites for hydroxylation is 3. The summed E-state index contributed by atoms with van der Waals surface area (Å²) >= 11 is 5.99. The summed E-state index contributed by atoms with van der Waals surface area (Å²) in [5.74, 6) is 0. The summed E-state index contributed by atoms with van der Waals surface area (Å²) in [6.07, 6.45) is 3.40. The van der Waals surface area contributed by atoms with Gasteiger partial charge in [0.1, 0.15) is 0 Å². The molecule has 23 heavy (non-hydrogen) atoms. The van der Waals surface area contributed by atoms with Gasteiger partial charge in [0.2, 0.25) is 0 Å². The van der Waals surface area contributed by atoms with Crippen molar-refractivity contribution in [1.82, 2.24) is 4.90 Å². The predicted molar refractivity (Wildman–Crippen MR) is 99.4 cm³/mol. The Hall–Kier alpha value is -1.31. The van der Waals surface area contributed by atoms with E-state index in [1.807, 2.05) is 12.1 Å². The standard InChI is InChI=1S/C21H26ClN/c1-14-11-18-13-16(3)23(4)21(20(18)12-15(14)2)10-7-17-5-8-19(22)9-6-17/h5-6,8-9,11-12,16,21H,7,10,13H2,1-4H3. The van der Waals surface area contributed by atoms with Gasteiger partial charge in [-0.1, -0.05) is 35.9 Å². The van der Waals surface area contributed by atoms with Crippen molar-refractivity contribution in [3.05, 3.63) is 69.2 Å². The van der Waals surface area contributed by atoms with Crippen molar-refractivity contribution < 1.29 is 0 Å². The molecule has 2 unspecified atom stereocenters. The van der Waals surface area contributed by atoms with Crippen LogP contribution in [-0.2, 0) is 12.8 Å². The third-order valence-corrected chi connectivity index (χ3v) is 5.69. The molecule has 2 heteroatoms. The van der Waals surface area contributed by atoms with E-state index in [0.717, 1.165) is 24.3 Å². The van der Waals surface area contributed by atoms with Crippen LogP contribution in [0.15, 0.2) is 36.4 Å². The van der Waals surface area contributed by atoms with Gasteiger partial charge in [0.05, 0.1) is 0 Å². The highest BCUT2D eigenvalue weighted by Crippen LogP contribution is 2.36. The van der Waals surface area contributed by atoms with Crippen molar-refractivity contribution in [3.63, 3.8) is 0 Å². The second-order valence-electron chi connectivity index (χ2n) is 7.03. The molecule has 2 aromatic carbocycles. The van der Waals surface area contributed by atoms with Crippen molar-refractivity contribution in [3.8, 4) is 0 Å². The Morgan fingerprint density at radius 3 is 2.43 bits per heavy atom. The van der Waals surface area contributed by atoms with Crippen LogP contribution in [0.2, 0.25) is 5.02 Å². The molecule has 0 saturated heterocycles. The van der Waals surface area contributed by atoms with Gasteiger partial charge in [0, 0.05) is 17.1 Å². The molecule has 1 heterocycles. The number of likely N-dealkylation sites (N-methyl/N-ethyl adjacent to an activating group) is 1. The van der Waals surface area contributed by atoms with Gasteiger partial charge in [0.25, 0.3) is 0 Å². The van der Waals surface area contributed by atoms with Crippen LogP contribution >= 0.6 is 11.6 Å². The highest BCUT2D eigenvalue weighted by molar-refractivity contribution is 6.30. The molecule has 3 rings (SSSR count). The van der Waals surface area contributed by atoms with Gasteiger partial charge in [0.15, 0.2) is 0 Å². The van der Waals surface area contributed by atoms with Crippen LogP contribution < -0.4 is 0 Å². The average molecular weight is 328 g/mol. The Kier molecular flexibility index (Phi) is 4.79. The van der Waals surface area contributed by atoms with Crippen molar-refractivity contribution in [2.24, 2.45) is 0 Å². The summed E-state index contributed by atoms with van der Waals surface area (Å²) in [6.45, 7) is 6.79. The van der Waals surface area contributed by atoms with E-state index in [9.17, 15) is 0 Å². The average Bonchev–Trinajstić information content (AvgIpc) is 2.52. The van der Waals surface area contributed by atoms with E-state index in [-0.39, 0.29) is 0 Å². The van der Waals surface area contributed by atoms with Gasteiger partial charge in [-0.15, -0.1) is 0 Å². The minimum absolute atomic E-state index is 0.503. The SMILES string of the molecule is Cc1cc2c(cc1C)C(CCc1ccc(Cl)cc1)N(C)C(C)C2. The molecule has 0 fully saturated rings. The van der Waals surface area contributed by atoms with Crippen LogP contribution in [0.3, 0.4) is 0 Å². The van der Waals surface area contributed by atoms with Gasteiger partial charge >= 0.3 is 0 Å². The molecule has 122 valence electrons. The van der Waals surface area contributed by atoms with Gasteiger partial charge in [-0.2, -0.15) is 0 Å². The third-order valence-electron chi connectivity index (χ3n) is 5.44. The topological polar surface area (TPSA) is 3.24 Å². The van der Waals surface area contributed by atoms with E-state index in [0.29, 0.717) is 12.1 Å². The quantitative estimate of drug-likeness (QED) is 0.718. The molecule has 1 aliphatic rings. The molecule has 0 aromatic heterocycles. The summed E-state index contributed by atoms with van der Waals surface area (Å²) in [4.78, 5) is 2.55. The van der Waals surface area contributed by atoms with Crippen LogP contribution in [0.25, 0.3) is 0 Å². The fourth-order valence-electron chi connectivity index (χ4n) is 3.69. The van der Waals surface area contributed by atoms with Crippen LogP contribution in [0, 0.1) is 13.8 Å². The second kappa shape index (κ2) is 6.67. The molecular weight excluding hydrogens is 302 g/mol. The number of fused-ring (bicyclic) bond motifs is 1. The zero-order valence-electron chi connectivity index (χ0n) is 14.6. The van der Waals surface area contributed by atoms with E-state index in [2.05, 4.69) is 57.0 Å². The maximum atomic E-state index is 5.99. The highest BCUT2D eigenvalue weighted by atomic mass is 35.5. The third kappa shape index (κ3) is 3.46. The smallest absolute Gasteiger partial charge is 0.0406 e. The molecular formula is C21H26ClN. The first-order chi connectivity index (χ1) is 11.0.